The third-order valence-corrected chi connectivity index (χ3v) is 2.07. The van der Waals surface area contributed by atoms with Gasteiger partial charge in [-0.05, 0) is 6.42 Å². The molecule has 0 unspecified atom stereocenters. The average molecular weight is 263 g/mol. The predicted molar refractivity (Wildman–Crippen MR) is 58.7 cm³/mol. The van der Waals surface area contributed by atoms with Crippen LogP contribution in [-0.2, 0) is 19.1 Å². The maximum absolute atomic E-state index is 11.3. The van der Waals surface area contributed by atoms with Gasteiger partial charge in [0.2, 0.25) is 5.91 Å². The van der Waals surface area contributed by atoms with Gasteiger partial charge in [0.05, 0.1) is 6.61 Å². The van der Waals surface area contributed by atoms with E-state index in [1.165, 1.54) is 0 Å². The van der Waals surface area contributed by atoms with E-state index in [2.05, 4.69) is 10.1 Å². The molecule has 0 rings (SSSR count). The Labute approximate surface area is 104 Å². The molecule has 0 aromatic rings. The van der Waals surface area contributed by atoms with Crippen LogP contribution < -0.4 is 5.32 Å². The maximum atomic E-state index is 11.3. The summed E-state index contributed by atoms with van der Waals surface area (Å²) in [6, 6.07) is -1.10. The Morgan fingerprint density at radius 2 is 1.83 bits per heavy atom. The monoisotopic (exact) mass is 263 g/mol. The van der Waals surface area contributed by atoms with E-state index in [0.717, 1.165) is 0 Å². The zero-order chi connectivity index (χ0) is 14.0. The van der Waals surface area contributed by atoms with E-state index in [-0.39, 0.29) is 32.3 Å². The van der Waals surface area contributed by atoms with E-state index in [4.69, 9.17) is 15.3 Å². The number of rotatable bonds is 10. The minimum Gasteiger partial charge on any atom is -0.481 e. The summed E-state index contributed by atoms with van der Waals surface area (Å²) >= 11 is 0. The summed E-state index contributed by atoms with van der Waals surface area (Å²) < 4.78 is 4.57. The summed E-state index contributed by atoms with van der Waals surface area (Å²) in [5.41, 5.74) is 0. The molecule has 0 heterocycles. The largest absolute Gasteiger partial charge is 0.481 e. The number of amides is 1. The first-order valence-corrected chi connectivity index (χ1v) is 5.40. The fraction of sp³-hybridized carbons (Fsp3) is 0.700. The highest BCUT2D eigenvalue weighted by Gasteiger charge is 2.19. The number of nitrogens with one attached hydrogen (secondary N) is 1. The molecule has 0 aromatic heterocycles. The number of ether oxygens (including phenoxy) is 1. The maximum Gasteiger partial charge on any atom is 0.326 e. The fourth-order valence-electron chi connectivity index (χ4n) is 1.19. The lowest BCUT2D eigenvalue weighted by atomic mass is 10.2. The zero-order valence-corrected chi connectivity index (χ0v) is 9.79. The average Bonchev–Trinajstić information content (AvgIpc) is 2.27. The Bertz CT molecular complexity index is 292. The van der Waals surface area contributed by atoms with E-state index in [1.807, 2.05) is 0 Å². The van der Waals surface area contributed by atoms with E-state index >= 15 is 0 Å². The Balaban J connectivity index is 3.96. The topological polar surface area (TPSA) is 133 Å². The standard InChI is InChI=1S/C10H17NO7/c12-6-18-5-4-7(10(16)17)11-8(13)2-1-3-9(14)15/h7,12H,1-6H2,(H,11,13)(H,14,15)(H,16,17)/t7-/m0/s1. The fourth-order valence-corrected chi connectivity index (χ4v) is 1.19. The second-order valence-corrected chi connectivity index (χ2v) is 3.53. The molecule has 0 aliphatic carbocycles. The van der Waals surface area contributed by atoms with Crippen LogP contribution in [0, 0.1) is 0 Å². The first-order valence-electron chi connectivity index (χ1n) is 5.40. The summed E-state index contributed by atoms with van der Waals surface area (Å²) in [4.78, 5) is 32.3. The normalized spacial score (nSPS) is 11.8. The molecule has 0 aliphatic heterocycles. The van der Waals surface area contributed by atoms with Gasteiger partial charge in [0.25, 0.3) is 0 Å². The Hall–Kier alpha value is -1.67. The van der Waals surface area contributed by atoms with Crippen LogP contribution in [0.5, 0.6) is 0 Å². The number of aliphatic carboxylic acids is 2. The van der Waals surface area contributed by atoms with Crippen molar-refractivity contribution in [2.75, 3.05) is 13.4 Å². The van der Waals surface area contributed by atoms with Crippen LogP contribution in [0.1, 0.15) is 25.7 Å². The summed E-state index contributed by atoms with van der Waals surface area (Å²) in [7, 11) is 0. The molecule has 1 amide bonds. The molecule has 0 saturated heterocycles. The quantitative estimate of drug-likeness (QED) is 0.298. The molecule has 1 atom stereocenters. The molecule has 0 aromatic carbocycles. The van der Waals surface area contributed by atoms with Gasteiger partial charge in [-0.2, -0.15) is 0 Å². The van der Waals surface area contributed by atoms with E-state index in [9.17, 15) is 14.4 Å². The Kier molecular flexibility index (Phi) is 8.50. The highest BCUT2D eigenvalue weighted by atomic mass is 16.6. The highest BCUT2D eigenvalue weighted by molar-refractivity contribution is 5.83. The third-order valence-electron chi connectivity index (χ3n) is 2.07. The van der Waals surface area contributed by atoms with Gasteiger partial charge in [0.1, 0.15) is 12.8 Å². The second-order valence-electron chi connectivity index (χ2n) is 3.53. The van der Waals surface area contributed by atoms with Crippen molar-refractivity contribution >= 4 is 17.8 Å². The molecule has 0 saturated carbocycles. The molecule has 0 fully saturated rings. The molecule has 0 spiro atoms. The van der Waals surface area contributed by atoms with Gasteiger partial charge >= 0.3 is 11.9 Å². The van der Waals surface area contributed by atoms with Crippen LogP contribution in [0.15, 0.2) is 0 Å². The molecule has 8 heteroatoms. The van der Waals surface area contributed by atoms with Crippen molar-refractivity contribution in [2.45, 2.75) is 31.7 Å². The number of hydrogen-bond acceptors (Lipinski definition) is 5. The van der Waals surface area contributed by atoms with Crippen molar-refractivity contribution in [1.82, 2.24) is 5.32 Å². The van der Waals surface area contributed by atoms with Crippen molar-refractivity contribution < 1.29 is 34.4 Å². The molecule has 0 aliphatic rings. The van der Waals surface area contributed by atoms with E-state index < -0.39 is 30.7 Å². The number of aliphatic hydroxyl groups is 1. The lowest BCUT2D eigenvalue weighted by Gasteiger charge is -2.13. The van der Waals surface area contributed by atoms with Gasteiger partial charge in [-0.3, -0.25) is 9.59 Å². The van der Waals surface area contributed by atoms with Crippen molar-refractivity contribution in [3.63, 3.8) is 0 Å². The van der Waals surface area contributed by atoms with E-state index in [1.54, 1.807) is 0 Å². The number of carbonyl (C=O) groups is 3. The summed E-state index contributed by atoms with van der Waals surface area (Å²) in [6.07, 6.45) is -0.00305. The summed E-state index contributed by atoms with van der Waals surface area (Å²) in [5.74, 6) is -2.73. The zero-order valence-electron chi connectivity index (χ0n) is 9.79. The summed E-state index contributed by atoms with van der Waals surface area (Å²) in [5, 5.41) is 27.8. The number of carboxylic acid groups (broad SMARTS) is 2. The molecule has 18 heavy (non-hydrogen) atoms. The van der Waals surface area contributed by atoms with Crippen LogP contribution in [0.4, 0.5) is 0 Å². The molecule has 0 radical (unpaired) electrons. The van der Waals surface area contributed by atoms with Gasteiger partial charge in [-0.25, -0.2) is 4.79 Å². The van der Waals surface area contributed by atoms with Crippen LogP contribution in [0.3, 0.4) is 0 Å². The highest BCUT2D eigenvalue weighted by Crippen LogP contribution is 1.99. The third kappa shape index (κ3) is 8.48. The first-order chi connectivity index (χ1) is 8.47. The van der Waals surface area contributed by atoms with Crippen LogP contribution in [0.25, 0.3) is 0 Å². The molecule has 4 N–H and O–H groups in total. The van der Waals surface area contributed by atoms with Gasteiger partial charge in [-0.15, -0.1) is 0 Å². The van der Waals surface area contributed by atoms with Crippen LogP contribution in [0.2, 0.25) is 0 Å². The van der Waals surface area contributed by atoms with Crippen LogP contribution >= 0.6 is 0 Å². The Morgan fingerprint density at radius 1 is 1.17 bits per heavy atom. The minimum atomic E-state index is -1.21. The van der Waals surface area contributed by atoms with Crippen molar-refractivity contribution in [3.8, 4) is 0 Å². The predicted octanol–water partition coefficient (Wildman–Crippen LogP) is -0.833. The van der Waals surface area contributed by atoms with Crippen molar-refractivity contribution in [1.29, 1.82) is 0 Å². The molecule has 104 valence electrons. The Morgan fingerprint density at radius 3 is 2.33 bits per heavy atom. The molecular formula is C10H17NO7. The van der Waals surface area contributed by atoms with Crippen molar-refractivity contribution in [3.05, 3.63) is 0 Å². The number of aliphatic hydroxyl groups excluding tert-OH is 1. The first kappa shape index (κ1) is 16.3. The smallest absolute Gasteiger partial charge is 0.326 e. The van der Waals surface area contributed by atoms with Crippen LogP contribution in [-0.4, -0.2) is 52.6 Å². The van der Waals surface area contributed by atoms with Gasteiger partial charge in [0.15, 0.2) is 0 Å². The lowest BCUT2D eigenvalue weighted by molar-refractivity contribution is -0.143. The molecule has 8 nitrogen and oxygen atoms in total. The van der Waals surface area contributed by atoms with Crippen molar-refractivity contribution in [2.24, 2.45) is 0 Å². The van der Waals surface area contributed by atoms with Gasteiger partial charge in [0, 0.05) is 19.3 Å². The minimum absolute atomic E-state index is 0.00285. The summed E-state index contributed by atoms with van der Waals surface area (Å²) in [6.45, 7) is -0.512. The number of hydrogen-bond donors (Lipinski definition) is 4. The molecule has 0 bridgehead atoms. The van der Waals surface area contributed by atoms with E-state index in [0.29, 0.717) is 0 Å². The lowest BCUT2D eigenvalue weighted by Crippen LogP contribution is -2.41. The second kappa shape index (κ2) is 9.37. The van der Waals surface area contributed by atoms with Gasteiger partial charge < -0.3 is 25.4 Å². The number of carboxylic acids is 2. The SMILES string of the molecule is O=C(O)CCCC(=O)N[C@@H](CCOCO)C(=O)O. The number of carbonyl (C=O) groups excluding carboxylic acids is 1. The van der Waals surface area contributed by atoms with Gasteiger partial charge in [-0.1, -0.05) is 0 Å². The molecular weight excluding hydrogens is 246 g/mol.